The minimum Gasteiger partial charge on any atom is -0.497 e. The number of benzene rings is 3. The van der Waals surface area contributed by atoms with E-state index >= 15 is 0 Å². The van der Waals surface area contributed by atoms with Crippen molar-refractivity contribution in [2.75, 3.05) is 13.7 Å². The van der Waals surface area contributed by atoms with E-state index in [1.54, 1.807) is 23.8 Å². The molecule has 5 rings (SSSR count). The molecular formula is C29H30N2O4S. The number of carbonyl (C=O) groups is 2. The lowest BCUT2D eigenvalue weighted by molar-refractivity contribution is -0.164. The highest BCUT2D eigenvalue weighted by Gasteiger charge is 2.61. The quantitative estimate of drug-likeness (QED) is 0.342. The number of amides is 1. The van der Waals surface area contributed by atoms with Gasteiger partial charge in [-0.1, -0.05) is 72.8 Å². The van der Waals surface area contributed by atoms with E-state index in [-0.39, 0.29) is 17.3 Å². The van der Waals surface area contributed by atoms with Crippen LogP contribution in [0.25, 0.3) is 0 Å². The molecule has 0 aliphatic carbocycles. The summed E-state index contributed by atoms with van der Waals surface area (Å²) in [5.74, 6) is 0.447. The minimum atomic E-state index is -0.660. The fraction of sp³-hybridized carbons (Fsp3) is 0.310. The molecule has 2 heterocycles. The van der Waals surface area contributed by atoms with Gasteiger partial charge in [0.25, 0.3) is 0 Å². The average molecular weight is 503 g/mol. The summed E-state index contributed by atoms with van der Waals surface area (Å²) in [7, 11) is 1.65. The number of esters is 1. The molecule has 3 atom stereocenters. The Labute approximate surface area is 216 Å². The molecule has 1 N–H and O–H groups in total. The summed E-state index contributed by atoms with van der Waals surface area (Å²) in [6.07, 6.45) is -0.0830. The number of thioether (sulfide) groups is 1. The highest BCUT2D eigenvalue weighted by molar-refractivity contribution is 8.01. The smallest absolute Gasteiger partial charge is 0.331 e. The average Bonchev–Trinajstić information content (AvgIpc) is 3.15. The van der Waals surface area contributed by atoms with Gasteiger partial charge in [-0.05, 0) is 35.7 Å². The summed E-state index contributed by atoms with van der Waals surface area (Å²) in [5, 5.41) is 3.51. The zero-order valence-electron chi connectivity index (χ0n) is 20.4. The van der Waals surface area contributed by atoms with Gasteiger partial charge in [0.1, 0.15) is 11.8 Å². The van der Waals surface area contributed by atoms with Crippen LogP contribution in [0.4, 0.5) is 0 Å². The Morgan fingerprint density at radius 1 is 1.03 bits per heavy atom. The van der Waals surface area contributed by atoms with Crippen molar-refractivity contribution in [3.8, 4) is 5.75 Å². The topological polar surface area (TPSA) is 67.9 Å². The van der Waals surface area contributed by atoms with Crippen LogP contribution in [0.2, 0.25) is 0 Å². The van der Waals surface area contributed by atoms with E-state index in [1.165, 1.54) is 0 Å². The van der Waals surface area contributed by atoms with Crippen LogP contribution >= 0.6 is 11.8 Å². The highest BCUT2D eigenvalue weighted by Crippen LogP contribution is 2.51. The van der Waals surface area contributed by atoms with Gasteiger partial charge >= 0.3 is 5.97 Å². The van der Waals surface area contributed by atoms with Crippen LogP contribution in [0.5, 0.6) is 5.75 Å². The number of carbonyl (C=O) groups excluding carboxylic acids is 2. The molecule has 2 saturated heterocycles. The number of β-lactam (4-membered cyclic amide) rings is 1. The Kier molecular flexibility index (Phi) is 7.03. The van der Waals surface area contributed by atoms with Crippen molar-refractivity contribution < 1.29 is 19.1 Å². The van der Waals surface area contributed by atoms with Crippen molar-refractivity contribution in [2.24, 2.45) is 0 Å². The standard InChI is InChI=1S/C29H30N2O4S/c1-29(19-30-18-20-13-15-23(34-2)16-14-20)27(31-24(32)17-25(31)36-29)28(33)35-26(21-9-5-3-6-10-21)22-11-7-4-8-12-22/h3-16,25-27,30H,17-19H2,1-2H3. The van der Waals surface area contributed by atoms with Crippen LogP contribution in [0.15, 0.2) is 84.9 Å². The second kappa shape index (κ2) is 10.4. The van der Waals surface area contributed by atoms with Gasteiger partial charge in [-0.2, -0.15) is 0 Å². The Bertz CT molecular complexity index is 1170. The van der Waals surface area contributed by atoms with Crippen molar-refractivity contribution in [1.29, 1.82) is 0 Å². The molecule has 0 bridgehead atoms. The molecule has 2 aliphatic heterocycles. The van der Waals surface area contributed by atoms with E-state index in [4.69, 9.17) is 9.47 Å². The van der Waals surface area contributed by atoms with E-state index in [0.29, 0.717) is 19.5 Å². The summed E-state index contributed by atoms with van der Waals surface area (Å²) in [4.78, 5) is 28.1. The zero-order valence-corrected chi connectivity index (χ0v) is 21.2. The normalized spacial score (nSPS) is 22.8. The van der Waals surface area contributed by atoms with E-state index in [9.17, 15) is 9.59 Å². The third-order valence-corrected chi connectivity index (χ3v) is 8.41. The number of ether oxygens (including phenoxy) is 2. The molecule has 3 aromatic rings. The third-order valence-electron chi connectivity index (χ3n) is 6.84. The maximum atomic E-state index is 13.8. The third kappa shape index (κ3) is 4.86. The molecule has 36 heavy (non-hydrogen) atoms. The predicted octanol–water partition coefficient (Wildman–Crippen LogP) is 4.55. The van der Waals surface area contributed by atoms with Gasteiger partial charge in [0.15, 0.2) is 6.10 Å². The Morgan fingerprint density at radius 3 is 2.19 bits per heavy atom. The summed E-state index contributed by atoms with van der Waals surface area (Å²) in [6, 6.07) is 26.7. The largest absolute Gasteiger partial charge is 0.497 e. The van der Waals surface area contributed by atoms with E-state index in [0.717, 1.165) is 22.4 Å². The van der Waals surface area contributed by atoms with Crippen molar-refractivity contribution in [3.05, 3.63) is 102 Å². The molecule has 1 amide bonds. The SMILES string of the molecule is COc1ccc(CNCC2(C)SC3CC(=O)N3C2C(=O)OC(c2ccccc2)c2ccccc2)cc1. The molecule has 2 aliphatic rings. The Morgan fingerprint density at radius 2 is 1.64 bits per heavy atom. The molecule has 3 unspecified atom stereocenters. The number of rotatable bonds is 9. The second-order valence-electron chi connectivity index (χ2n) is 9.38. The summed E-state index contributed by atoms with van der Waals surface area (Å²) >= 11 is 1.68. The van der Waals surface area contributed by atoms with Crippen LogP contribution in [-0.4, -0.2) is 46.6 Å². The zero-order chi connectivity index (χ0) is 25.1. The van der Waals surface area contributed by atoms with E-state index in [1.807, 2.05) is 84.9 Å². The molecule has 0 radical (unpaired) electrons. The predicted molar refractivity (Wildman–Crippen MR) is 141 cm³/mol. The molecule has 0 spiro atoms. The van der Waals surface area contributed by atoms with Crippen molar-refractivity contribution >= 4 is 23.6 Å². The monoisotopic (exact) mass is 502 g/mol. The first-order valence-electron chi connectivity index (χ1n) is 12.1. The Hall–Kier alpha value is -3.29. The molecular weight excluding hydrogens is 472 g/mol. The lowest BCUT2D eigenvalue weighted by Crippen LogP contribution is -2.59. The molecule has 0 aromatic heterocycles. The highest BCUT2D eigenvalue weighted by atomic mass is 32.2. The van der Waals surface area contributed by atoms with Gasteiger partial charge in [0.05, 0.1) is 23.7 Å². The molecule has 7 heteroatoms. The Balaban J connectivity index is 1.34. The molecule has 186 valence electrons. The maximum Gasteiger partial charge on any atom is 0.331 e. The number of hydrogen-bond acceptors (Lipinski definition) is 6. The van der Waals surface area contributed by atoms with Gasteiger partial charge in [-0.15, -0.1) is 11.8 Å². The minimum absolute atomic E-state index is 0.00398. The van der Waals surface area contributed by atoms with Crippen LogP contribution in [-0.2, 0) is 20.9 Å². The van der Waals surface area contributed by atoms with Crippen molar-refractivity contribution in [2.45, 2.75) is 42.2 Å². The number of hydrogen-bond donors (Lipinski definition) is 1. The summed E-state index contributed by atoms with van der Waals surface area (Å²) < 4.78 is 10.9. The number of nitrogens with zero attached hydrogens (tertiary/aromatic N) is 1. The summed E-state index contributed by atoms with van der Waals surface area (Å²) in [6.45, 7) is 3.26. The summed E-state index contributed by atoms with van der Waals surface area (Å²) in [5.41, 5.74) is 2.91. The first-order chi connectivity index (χ1) is 17.5. The second-order valence-corrected chi connectivity index (χ2v) is 11.1. The van der Waals surface area contributed by atoms with Crippen LogP contribution in [0, 0.1) is 0 Å². The van der Waals surface area contributed by atoms with Crippen LogP contribution in [0.1, 0.15) is 36.1 Å². The van der Waals surface area contributed by atoms with Crippen molar-refractivity contribution in [1.82, 2.24) is 10.2 Å². The maximum absolute atomic E-state index is 13.8. The van der Waals surface area contributed by atoms with Crippen molar-refractivity contribution in [3.63, 3.8) is 0 Å². The first kappa shape index (κ1) is 24.4. The van der Waals surface area contributed by atoms with Crippen LogP contribution in [0.3, 0.4) is 0 Å². The molecule has 2 fully saturated rings. The van der Waals surface area contributed by atoms with Gasteiger partial charge in [0, 0.05) is 13.1 Å². The first-order valence-corrected chi connectivity index (χ1v) is 13.0. The van der Waals surface area contributed by atoms with Crippen LogP contribution < -0.4 is 10.1 Å². The molecule has 3 aromatic carbocycles. The fourth-order valence-corrected chi connectivity index (χ4v) is 6.67. The lowest BCUT2D eigenvalue weighted by atomic mass is 9.95. The van der Waals surface area contributed by atoms with Gasteiger partial charge in [-0.3, -0.25) is 4.79 Å². The molecule has 0 saturated carbocycles. The number of nitrogens with one attached hydrogen (secondary N) is 1. The molecule has 6 nitrogen and oxygen atoms in total. The van der Waals surface area contributed by atoms with Gasteiger partial charge in [0.2, 0.25) is 5.91 Å². The van der Waals surface area contributed by atoms with E-state index in [2.05, 4.69) is 12.2 Å². The fourth-order valence-electron chi connectivity index (χ4n) is 4.94. The van der Waals surface area contributed by atoms with Gasteiger partial charge < -0.3 is 19.7 Å². The number of fused-ring (bicyclic) bond motifs is 1. The lowest BCUT2D eigenvalue weighted by Gasteiger charge is -2.38. The van der Waals surface area contributed by atoms with Gasteiger partial charge in [-0.25, -0.2) is 4.79 Å². The number of methoxy groups -OCH3 is 1. The van der Waals surface area contributed by atoms with E-state index < -0.39 is 16.9 Å².